The molecule has 51 heavy (non-hydrogen) atoms. The zero-order valence-electron chi connectivity index (χ0n) is 29.9. The number of benzene rings is 2. The van der Waals surface area contributed by atoms with Crippen LogP contribution in [0, 0.1) is 8.99 Å². The second-order valence-corrected chi connectivity index (χ2v) is 15.7. The first kappa shape index (κ1) is 38.1. The highest BCUT2D eigenvalue weighted by Crippen LogP contribution is 2.58. The van der Waals surface area contributed by atoms with Crippen LogP contribution in [-0.2, 0) is 46.4 Å². The molecule has 12 heteroatoms. The molecular formula is C39H52IN3O8. The number of fused-ring (bicyclic) bond motifs is 4. The van der Waals surface area contributed by atoms with Gasteiger partial charge in [-0.25, -0.2) is 0 Å². The SMILES string of the molecule is CCCCCC1(CCCCC)O[C@@H]2[C@H](O1)[C@H]1ON(Cc3ccc(I)cc3)[C@@H]3C(=O)O[C@@H]2C[C@]13C(=O)N(C)[C@H](Cc1ccccc1)C(=O)NCCO. The minimum absolute atomic E-state index is 0.0525. The number of nitrogens with zero attached hydrogens (tertiary/aromatic N) is 2. The minimum atomic E-state index is -1.41. The first-order valence-corrected chi connectivity index (χ1v) is 19.7. The van der Waals surface area contributed by atoms with Gasteiger partial charge < -0.3 is 29.5 Å². The monoisotopic (exact) mass is 817 g/mol. The lowest BCUT2D eigenvalue weighted by Crippen LogP contribution is -2.70. The summed E-state index contributed by atoms with van der Waals surface area (Å²) in [7, 11) is 1.62. The van der Waals surface area contributed by atoms with E-state index in [9.17, 15) is 14.7 Å². The topological polar surface area (TPSA) is 127 Å². The Morgan fingerprint density at radius 3 is 2.29 bits per heavy atom. The largest absolute Gasteiger partial charge is 0.458 e. The van der Waals surface area contributed by atoms with Gasteiger partial charge in [-0.2, -0.15) is 5.06 Å². The Kier molecular flexibility index (Phi) is 12.4. The first-order valence-electron chi connectivity index (χ1n) is 18.6. The van der Waals surface area contributed by atoms with E-state index in [1.54, 1.807) is 12.1 Å². The van der Waals surface area contributed by atoms with E-state index in [2.05, 4.69) is 41.8 Å². The third-order valence-electron chi connectivity index (χ3n) is 11.0. The van der Waals surface area contributed by atoms with Crippen molar-refractivity contribution in [2.45, 2.75) is 127 Å². The smallest absolute Gasteiger partial charge is 0.327 e. The number of amides is 2. The van der Waals surface area contributed by atoms with E-state index in [1.807, 2.05) is 54.6 Å². The summed E-state index contributed by atoms with van der Waals surface area (Å²) in [5.74, 6) is -2.18. The molecule has 2 aromatic carbocycles. The van der Waals surface area contributed by atoms with Gasteiger partial charge in [0.05, 0.1) is 13.2 Å². The number of rotatable bonds is 17. The molecule has 11 nitrogen and oxygen atoms in total. The van der Waals surface area contributed by atoms with Crippen LogP contribution in [0.5, 0.6) is 0 Å². The third kappa shape index (κ3) is 7.73. The fourth-order valence-electron chi connectivity index (χ4n) is 8.46. The number of aliphatic hydroxyl groups excluding tert-OH is 1. The highest BCUT2D eigenvalue weighted by Gasteiger charge is 2.76. The van der Waals surface area contributed by atoms with Crippen molar-refractivity contribution in [1.29, 1.82) is 0 Å². The molecular weight excluding hydrogens is 765 g/mol. The molecule has 3 aliphatic heterocycles. The molecule has 0 spiro atoms. The number of unbranched alkanes of at least 4 members (excludes halogenated alkanes) is 4. The molecule has 3 saturated heterocycles. The van der Waals surface area contributed by atoms with Crippen molar-refractivity contribution >= 4 is 40.4 Å². The van der Waals surface area contributed by atoms with Crippen molar-refractivity contribution in [2.75, 3.05) is 20.2 Å². The average molecular weight is 818 g/mol. The normalized spacial score (nSPS) is 28.2. The summed E-state index contributed by atoms with van der Waals surface area (Å²) < 4.78 is 21.2. The van der Waals surface area contributed by atoms with Crippen LogP contribution in [-0.4, -0.2) is 95.3 Å². The van der Waals surface area contributed by atoms with Crippen molar-refractivity contribution in [3.05, 3.63) is 69.3 Å². The third-order valence-corrected chi connectivity index (χ3v) is 11.7. The second kappa shape index (κ2) is 16.6. The summed E-state index contributed by atoms with van der Waals surface area (Å²) >= 11 is 2.25. The predicted octanol–water partition coefficient (Wildman–Crippen LogP) is 4.91. The average Bonchev–Trinajstić information content (AvgIpc) is 3.69. The molecule has 2 amide bonds. The van der Waals surface area contributed by atoms with Gasteiger partial charge in [-0.05, 0) is 58.7 Å². The van der Waals surface area contributed by atoms with Crippen molar-refractivity contribution in [1.82, 2.24) is 15.3 Å². The van der Waals surface area contributed by atoms with Crippen LogP contribution in [0.25, 0.3) is 0 Å². The Morgan fingerprint density at radius 1 is 0.980 bits per heavy atom. The summed E-state index contributed by atoms with van der Waals surface area (Å²) in [6, 6.07) is 15.5. The summed E-state index contributed by atoms with van der Waals surface area (Å²) in [6.45, 7) is 4.40. The molecule has 2 N–H and O–H groups in total. The maximum absolute atomic E-state index is 15.3. The van der Waals surface area contributed by atoms with Gasteiger partial charge in [0.1, 0.15) is 35.9 Å². The Balaban J connectivity index is 1.39. The van der Waals surface area contributed by atoms with E-state index in [1.165, 1.54) is 4.90 Å². The number of carbonyl (C=O) groups excluding carboxylic acids is 3. The van der Waals surface area contributed by atoms with Gasteiger partial charge in [0.25, 0.3) is 0 Å². The molecule has 1 saturated carbocycles. The number of hydrogen-bond acceptors (Lipinski definition) is 9. The molecule has 1 aliphatic carbocycles. The molecule has 278 valence electrons. The van der Waals surface area contributed by atoms with Gasteiger partial charge in [0, 0.05) is 42.8 Å². The van der Waals surface area contributed by atoms with Gasteiger partial charge >= 0.3 is 5.97 Å². The lowest BCUT2D eigenvalue weighted by Gasteiger charge is -2.50. The molecule has 6 rings (SSSR count). The fourth-order valence-corrected chi connectivity index (χ4v) is 8.82. The van der Waals surface area contributed by atoms with E-state index in [-0.39, 0.29) is 44.4 Å². The van der Waals surface area contributed by atoms with E-state index in [0.29, 0.717) is 12.8 Å². The number of hydroxylamine groups is 2. The highest BCUT2D eigenvalue weighted by molar-refractivity contribution is 14.1. The standard InChI is InChI=1S/C39H52IN3O8/c1-4-6-11-19-38(20-12-7-5-2)49-31-30-24-39(37(47)42(3)29(35(45)41-21-22-44)23-26-13-9-8-10-14-26)33(36(46)48-30)43(51-34(39)32(31)50-38)25-27-15-17-28(40)18-16-27/h8-10,13-18,29-34,44H,4-7,11-12,19-25H2,1-3H3,(H,41,45)/t29-,30-,31+,32+,33-,34-,39-/m1/s1. The summed E-state index contributed by atoms with van der Waals surface area (Å²) in [4.78, 5) is 51.6. The number of likely N-dealkylation sites (N-methyl/N-ethyl adjacent to an activating group) is 1. The minimum Gasteiger partial charge on any atom is -0.458 e. The lowest BCUT2D eigenvalue weighted by molar-refractivity contribution is -0.225. The number of halogens is 1. The Bertz CT molecular complexity index is 1500. The number of esters is 1. The van der Waals surface area contributed by atoms with Crippen LogP contribution >= 0.6 is 22.6 Å². The van der Waals surface area contributed by atoms with Crippen LogP contribution in [0.3, 0.4) is 0 Å². The zero-order valence-corrected chi connectivity index (χ0v) is 32.1. The van der Waals surface area contributed by atoms with Gasteiger partial charge in [0.15, 0.2) is 11.8 Å². The van der Waals surface area contributed by atoms with Crippen LogP contribution in [0.1, 0.15) is 82.8 Å². The summed E-state index contributed by atoms with van der Waals surface area (Å²) in [5.41, 5.74) is 0.385. The molecule has 2 aromatic rings. The second-order valence-electron chi connectivity index (χ2n) is 14.5. The fraction of sp³-hybridized carbons (Fsp3) is 0.615. The van der Waals surface area contributed by atoms with Gasteiger partial charge in [-0.1, -0.05) is 82.0 Å². The van der Waals surface area contributed by atoms with E-state index >= 15 is 4.79 Å². The molecule has 3 heterocycles. The number of nitrogens with one attached hydrogen (secondary N) is 1. The van der Waals surface area contributed by atoms with Crippen molar-refractivity contribution in [3.63, 3.8) is 0 Å². The quantitative estimate of drug-likeness (QED) is 0.130. The van der Waals surface area contributed by atoms with Crippen molar-refractivity contribution in [2.24, 2.45) is 5.41 Å². The van der Waals surface area contributed by atoms with Gasteiger partial charge in [-0.15, -0.1) is 0 Å². The van der Waals surface area contributed by atoms with Crippen LogP contribution < -0.4 is 5.32 Å². The summed E-state index contributed by atoms with van der Waals surface area (Å²) in [5, 5.41) is 13.9. The maximum Gasteiger partial charge on any atom is 0.327 e. The Hall–Kier alpha value is -2.62. The highest BCUT2D eigenvalue weighted by atomic mass is 127. The Labute approximate surface area is 314 Å². The van der Waals surface area contributed by atoms with E-state index in [4.69, 9.17) is 19.0 Å². The lowest BCUT2D eigenvalue weighted by atomic mass is 9.62. The maximum atomic E-state index is 15.3. The molecule has 0 aromatic heterocycles. The zero-order chi connectivity index (χ0) is 36.2. The van der Waals surface area contributed by atoms with Gasteiger partial charge in [0.2, 0.25) is 11.8 Å². The molecule has 0 radical (unpaired) electrons. The van der Waals surface area contributed by atoms with Crippen molar-refractivity contribution < 1.29 is 38.5 Å². The molecule has 0 unspecified atom stereocenters. The molecule has 4 aliphatic rings. The predicted molar refractivity (Wildman–Crippen MR) is 198 cm³/mol. The number of aliphatic hydroxyl groups is 1. The summed E-state index contributed by atoms with van der Waals surface area (Å²) in [6.07, 6.45) is 5.03. The number of carbonyl (C=O) groups is 3. The number of hydrogen-bond donors (Lipinski definition) is 2. The molecule has 4 fully saturated rings. The van der Waals surface area contributed by atoms with E-state index in [0.717, 1.165) is 53.2 Å². The molecule has 7 atom stereocenters. The van der Waals surface area contributed by atoms with Crippen LogP contribution in [0.15, 0.2) is 54.6 Å². The van der Waals surface area contributed by atoms with Crippen LogP contribution in [0.2, 0.25) is 0 Å². The Morgan fingerprint density at radius 2 is 1.65 bits per heavy atom. The first-order chi connectivity index (χ1) is 24.7. The molecule has 2 bridgehead atoms. The number of ether oxygens (including phenoxy) is 3. The van der Waals surface area contributed by atoms with E-state index < -0.39 is 53.7 Å². The van der Waals surface area contributed by atoms with Crippen molar-refractivity contribution in [3.8, 4) is 0 Å². The van der Waals surface area contributed by atoms with Crippen LogP contribution in [0.4, 0.5) is 0 Å². The van der Waals surface area contributed by atoms with Gasteiger partial charge in [-0.3, -0.25) is 19.2 Å².